The van der Waals surface area contributed by atoms with Crippen LogP contribution in [0, 0.1) is 0 Å². The van der Waals surface area contributed by atoms with Crippen molar-refractivity contribution < 1.29 is 20.6 Å². The van der Waals surface area contributed by atoms with E-state index in [4.69, 9.17) is 20.6 Å². The summed E-state index contributed by atoms with van der Waals surface area (Å²) in [7, 11) is 0. The topological polar surface area (TPSA) is 17.8 Å². The molecule has 10 aromatic rings. The molecule has 2 nitrogen and oxygen atoms in total. The van der Waals surface area contributed by atoms with Crippen LogP contribution in [0.2, 0.25) is 0 Å². The van der Waals surface area contributed by atoms with Crippen LogP contribution in [0.5, 0.6) is 0 Å². The summed E-state index contributed by atoms with van der Waals surface area (Å²) in [6, 6.07) is 34.0. The molecule has 0 aliphatic rings. The number of para-hydroxylation sites is 2. The fourth-order valence-corrected chi connectivity index (χ4v) is 7.50. The van der Waals surface area contributed by atoms with Crippen LogP contribution < -0.4 is 0 Å². The lowest BCUT2D eigenvalue weighted by molar-refractivity contribution is 0.909. The summed E-state index contributed by atoms with van der Waals surface area (Å²) in [5, 5.41) is 4.91. The highest BCUT2D eigenvalue weighted by atomic mass is 15.1. The molecule has 9 aromatic carbocycles. The monoisotopic (exact) mass is 691 g/mol. The fraction of sp³-hybridized carbons (Fsp3) is 0.0392. The van der Waals surface area contributed by atoms with Gasteiger partial charge in [-0.05, 0) is 125 Å². The van der Waals surface area contributed by atoms with Gasteiger partial charge in [0.1, 0.15) is 5.82 Å². The molecule has 0 spiro atoms. The predicted octanol–water partition coefficient (Wildman–Crippen LogP) is 13.7. The molecule has 0 aliphatic heterocycles. The molecule has 10 rings (SSSR count). The Morgan fingerprint density at radius 2 is 1.04 bits per heavy atom. The number of aryl methyl sites for hydroxylation is 1. The third kappa shape index (κ3) is 5.30. The van der Waals surface area contributed by atoms with Crippen LogP contribution in [0.4, 0.5) is 0 Å². The summed E-state index contributed by atoms with van der Waals surface area (Å²) in [4.78, 5) is 4.47. The van der Waals surface area contributed by atoms with Gasteiger partial charge in [-0.25, -0.2) is 4.98 Å². The van der Waals surface area contributed by atoms with E-state index in [2.05, 4.69) is 11.1 Å². The van der Waals surface area contributed by atoms with Gasteiger partial charge in [0.25, 0.3) is 0 Å². The van der Waals surface area contributed by atoms with E-state index in [-0.39, 0.29) is 28.1 Å². The molecular weight excluding hydrogens is 641 g/mol. The van der Waals surface area contributed by atoms with Crippen molar-refractivity contribution in [1.29, 1.82) is 0 Å². The molecule has 0 bridgehead atoms. The highest BCUT2D eigenvalue weighted by Crippen LogP contribution is 2.45. The number of fused-ring (bicyclic) bond motifs is 4. The number of rotatable bonds is 6. The molecule has 1 aromatic heterocycles. The van der Waals surface area contributed by atoms with E-state index >= 15 is 0 Å². The van der Waals surface area contributed by atoms with Crippen LogP contribution in [0.15, 0.2) is 188 Å². The maximum atomic E-state index is 8.91. The summed E-state index contributed by atoms with van der Waals surface area (Å²) >= 11 is 0. The quantitative estimate of drug-likeness (QED) is 0.159. The van der Waals surface area contributed by atoms with Crippen LogP contribution in [-0.4, -0.2) is 9.55 Å². The number of hydrogen-bond donors (Lipinski definition) is 0. The van der Waals surface area contributed by atoms with Gasteiger partial charge >= 0.3 is 0 Å². The van der Waals surface area contributed by atoms with Gasteiger partial charge in [-0.2, -0.15) is 0 Å². The SMILES string of the molecule is [2H]c1c([2H])c([2H])c(-c2cc(-c3c([2H])c([2H])c([2H])c([2H])c3[2H])cc(-c3c4ccccc4c(-c4ccc5cc(-n6c(C([2H])([2H])C([2H])([2H])[2H])nc7ccccc76)ccc5c4)c4ccccc34)c2)c([2H])c1[2H]. The normalized spacial score (nSPS) is 16.1. The standard InChI is InChI=1S/C51H36N2/c1-2-49-52-47-23-13-14-24-48(47)53(49)42-28-27-36-29-38(26-25-37(36)33-42)50-43-19-9-11-21-45(43)51(46-22-12-10-20-44(46)50)41-31-39(34-15-5-3-6-16-34)30-40(32-41)35-17-7-4-8-18-35/h3-33H,2H2,1H3/i1D3,2D2,3D,4D,5D,6D,7D,8D,15D,16D,17D,18D. The third-order valence-corrected chi connectivity index (χ3v) is 9.77. The highest BCUT2D eigenvalue weighted by molar-refractivity contribution is 6.22. The minimum atomic E-state index is -2.99. The van der Waals surface area contributed by atoms with E-state index < -0.39 is 73.6 Å². The van der Waals surface area contributed by atoms with Crippen LogP contribution in [0.1, 0.15) is 33.2 Å². The molecule has 0 atom stereocenters. The smallest absolute Gasteiger partial charge is 0.114 e. The number of hydrogen-bond acceptors (Lipinski definition) is 1. The van der Waals surface area contributed by atoms with Crippen molar-refractivity contribution in [3.8, 4) is 50.2 Å². The van der Waals surface area contributed by atoms with Crippen LogP contribution in [-0.2, 0) is 6.37 Å². The Morgan fingerprint density at radius 3 is 1.66 bits per heavy atom. The first-order chi connectivity index (χ1) is 32.3. The molecule has 0 aliphatic carbocycles. The van der Waals surface area contributed by atoms with Gasteiger partial charge in [-0.3, -0.25) is 4.57 Å². The van der Waals surface area contributed by atoms with Gasteiger partial charge in [0.2, 0.25) is 0 Å². The zero-order valence-corrected chi connectivity index (χ0v) is 28.0. The molecular formula is C51H36N2. The molecule has 2 heteroatoms. The van der Waals surface area contributed by atoms with E-state index in [1.165, 1.54) is 6.07 Å². The number of aromatic nitrogens is 2. The van der Waals surface area contributed by atoms with Crippen molar-refractivity contribution in [3.63, 3.8) is 0 Å². The third-order valence-electron chi connectivity index (χ3n) is 9.77. The summed E-state index contributed by atoms with van der Waals surface area (Å²) in [6.45, 7) is -2.99. The lowest BCUT2D eigenvalue weighted by Gasteiger charge is -2.19. The van der Waals surface area contributed by atoms with E-state index in [0.717, 1.165) is 43.4 Å². The second-order valence-electron chi connectivity index (χ2n) is 12.8. The van der Waals surface area contributed by atoms with E-state index in [1.807, 2.05) is 78.9 Å². The van der Waals surface area contributed by atoms with Crippen molar-refractivity contribution >= 4 is 43.4 Å². The van der Waals surface area contributed by atoms with Crippen LogP contribution in [0.25, 0.3) is 93.5 Å². The summed E-state index contributed by atoms with van der Waals surface area (Å²) in [5.74, 6) is -0.230. The number of nitrogens with zero attached hydrogens (tertiary/aromatic N) is 2. The number of imidazole rings is 1. The molecule has 0 fully saturated rings. The van der Waals surface area contributed by atoms with Gasteiger partial charge in [0.05, 0.1) is 24.7 Å². The molecule has 1 heterocycles. The average Bonchev–Trinajstić information content (AvgIpc) is 3.73. The molecule has 0 saturated carbocycles. The van der Waals surface area contributed by atoms with Crippen molar-refractivity contribution in [1.82, 2.24) is 9.55 Å². The second-order valence-corrected chi connectivity index (χ2v) is 12.8. The van der Waals surface area contributed by atoms with E-state index in [0.29, 0.717) is 27.8 Å². The Labute approximate surface area is 330 Å². The lowest BCUT2D eigenvalue weighted by Crippen LogP contribution is -2.00. The lowest BCUT2D eigenvalue weighted by atomic mass is 9.84. The van der Waals surface area contributed by atoms with Gasteiger partial charge < -0.3 is 0 Å². The van der Waals surface area contributed by atoms with Crippen molar-refractivity contribution in [3.05, 3.63) is 194 Å². The Morgan fingerprint density at radius 1 is 0.509 bits per heavy atom. The Bertz CT molecular complexity index is 3580. The maximum Gasteiger partial charge on any atom is 0.114 e. The van der Waals surface area contributed by atoms with Crippen LogP contribution >= 0.6 is 0 Å². The Balaban J connectivity index is 1.21. The van der Waals surface area contributed by atoms with Gasteiger partial charge in [-0.15, -0.1) is 0 Å². The zero-order valence-electron chi connectivity index (χ0n) is 43.0. The minimum Gasteiger partial charge on any atom is -0.296 e. The predicted molar refractivity (Wildman–Crippen MR) is 225 cm³/mol. The maximum absolute atomic E-state index is 8.91. The largest absolute Gasteiger partial charge is 0.296 e. The Hall–Kier alpha value is -6.77. The molecule has 0 saturated heterocycles. The first-order valence-electron chi connectivity index (χ1n) is 24.6. The zero-order chi connectivity index (χ0) is 48.3. The van der Waals surface area contributed by atoms with Crippen molar-refractivity contribution in [2.24, 2.45) is 0 Å². The molecule has 250 valence electrons. The molecule has 0 radical (unpaired) electrons. The van der Waals surface area contributed by atoms with Gasteiger partial charge in [-0.1, -0.05) is 146 Å². The van der Waals surface area contributed by atoms with E-state index in [1.54, 1.807) is 41.0 Å². The molecule has 0 N–H and O–H groups in total. The van der Waals surface area contributed by atoms with Crippen LogP contribution in [0.3, 0.4) is 0 Å². The second kappa shape index (κ2) is 12.8. The molecule has 0 unspecified atom stereocenters. The summed E-state index contributed by atoms with van der Waals surface area (Å²) in [5.41, 5.74) is 4.70. The average molecular weight is 692 g/mol. The van der Waals surface area contributed by atoms with Crippen molar-refractivity contribution in [2.75, 3.05) is 0 Å². The first-order valence-corrected chi connectivity index (χ1v) is 17.1. The van der Waals surface area contributed by atoms with Gasteiger partial charge in [0.15, 0.2) is 0 Å². The summed E-state index contributed by atoms with van der Waals surface area (Å²) in [6.07, 6.45) is -2.76. The van der Waals surface area contributed by atoms with E-state index in [9.17, 15) is 0 Å². The van der Waals surface area contributed by atoms with Gasteiger partial charge in [0, 0.05) is 18.9 Å². The minimum absolute atomic E-state index is 0.107. The summed E-state index contributed by atoms with van der Waals surface area (Å²) < 4.78 is 129. The molecule has 53 heavy (non-hydrogen) atoms. The number of benzene rings is 9. The fourth-order valence-electron chi connectivity index (χ4n) is 7.50. The van der Waals surface area contributed by atoms with Crippen molar-refractivity contribution in [2.45, 2.75) is 13.2 Å². The first kappa shape index (κ1) is 19.2. The highest BCUT2D eigenvalue weighted by Gasteiger charge is 2.19. The Kier molecular flexibility index (Phi) is 4.62. The molecule has 0 amide bonds.